The van der Waals surface area contributed by atoms with Crippen LogP contribution in [0.2, 0.25) is 0 Å². The quantitative estimate of drug-likeness (QED) is 0.880. The molecule has 1 aliphatic rings. The number of pyridine rings is 1. The molecule has 2 heterocycles. The minimum absolute atomic E-state index is 0.0516. The van der Waals surface area contributed by atoms with Gasteiger partial charge in [-0.3, -0.25) is 14.2 Å². The van der Waals surface area contributed by atoms with Crippen LogP contribution in [0, 0.1) is 5.82 Å². The number of amides is 1. The second-order valence-corrected chi connectivity index (χ2v) is 6.93. The molecular weight excluding hydrogens is 311 g/mol. The topological polar surface area (TPSA) is 99.2 Å². The molecule has 0 fully saturated rings. The fourth-order valence-corrected chi connectivity index (χ4v) is 3.83. The normalized spacial score (nSPS) is 19.6. The molecule has 8 heteroatoms. The molecule has 1 aliphatic heterocycles. The summed E-state index contributed by atoms with van der Waals surface area (Å²) in [4.78, 5) is 23.9. The van der Waals surface area contributed by atoms with Gasteiger partial charge in [-0.2, -0.15) is 0 Å². The van der Waals surface area contributed by atoms with Crippen molar-refractivity contribution in [1.82, 2.24) is 4.57 Å². The van der Waals surface area contributed by atoms with Crippen LogP contribution in [0.25, 0.3) is 10.9 Å². The Morgan fingerprint density at radius 3 is 2.68 bits per heavy atom. The van der Waals surface area contributed by atoms with Crippen LogP contribution in [0.1, 0.15) is 16.4 Å². The Morgan fingerprint density at radius 2 is 2.09 bits per heavy atom. The third-order valence-electron chi connectivity index (χ3n) is 3.52. The van der Waals surface area contributed by atoms with Crippen LogP contribution in [0.4, 0.5) is 4.39 Å². The fraction of sp³-hybridized carbons (Fsp3) is 0.143. The monoisotopic (exact) mass is 322 g/mol. The highest BCUT2D eigenvalue weighted by molar-refractivity contribution is 7.94. The molecule has 3 rings (SSSR count). The summed E-state index contributed by atoms with van der Waals surface area (Å²) >= 11 is 0. The molecule has 0 spiro atoms. The lowest BCUT2D eigenvalue weighted by molar-refractivity contribution is 0.0998. The number of rotatable bonds is 2. The number of sulfone groups is 1. The maximum Gasteiger partial charge on any atom is 0.264 e. The summed E-state index contributed by atoms with van der Waals surface area (Å²) in [6.07, 6.45) is 1.30. The third kappa shape index (κ3) is 2.21. The van der Waals surface area contributed by atoms with E-state index in [9.17, 15) is 22.4 Å². The Balaban J connectivity index is 2.41. The second kappa shape index (κ2) is 4.77. The predicted octanol–water partition coefficient (Wildman–Crippen LogP) is 0.723. The van der Waals surface area contributed by atoms with Crippen molar-refractivity contribution < 1.29 is 17.6 Å². The van der Waals surface area contributed by atoms with Gasteiger partial charge in [-0.1, -0.05) is 12.1 Å². The number of carbonyl (C=O) groups is 1. The number of para-hydroxylation sites is 1. The molecule has 6 nitrogen and oxygen atoms in total. The van der Waals surface area contributed by atoms with Gasteiger partial charge in [-0.15, -0.1) is 0 Å². The van der Waals surface area contributed by atoms with Crippen LogP contribution in [-0.4, -0.2) is 24.6 Å². The van der Waals surface area contributed by atoms with E-state index in [0.717, 1.165) is 16.0 Å². The first-order valence-corrected chi connectivity index (χ1v) is 8.06. The summed E-state index contributed by atoms with van der Waals surface area (Å²) in [5, 5.41) is 1.28. The molecule has 0 aliphatic carbocycles. The van der Waals surface area contributed by atoms with Crippen LogP contribution in [0.15, 0.2) is 40.5 Å². The number of nitrogens with two attached hydrogens (primary N) is 1. The van der Waals surface area contributed by atoms with Crippen LogP contribution < -0.4 is 11.3 Å². The first kappa shape index (κ1) is 14.5. The highest BCUT2D eigenvalue weighted by atomic mass is 32.2. The SMILES string of the molecule is NC(=O)c1cc2cccc(F)c2n(C2C=CS(=O)(=O)C2)c1=O. The molecule has 114 valence electrons. The van der Waals surface area contributed by atoms with E-state index in [0.29, 0.717) is 5.39 Å². The molecule has 1 atom stereocenters. The van der Waals surface area contributed by atoms with Gasteiger partial charge in [0, 0.05) is 10.8 Å². The number of fused-ring (bicyclic) bond motifs is 1. The first-order valence-electron chi connectivity index (χ1n) is 6.35. The van der Waals surface area contributed by atoms with Crippen molar-refractivity contribution in [1.29, 1.82) is 0 Å². The molecule has 0 radical (unpaired) electrons. The Hall–Kier alpha value is -2.48. The van der Waals surface area contributed by atoms with E-state index in [1.807, 2.05) is 0 Å². The molecule has 0 saturated carbocycles. The van der Waals surface area contributed by atoms with Gasteiger partial charge < -0.3 is 5.73 Å². The molecule has 2 N–H and O–H groups in total. The third-order valence-corrected chi connectivity index (χ3v) is 4.89. The highest BCUT2D eigenvalue weighted by Crippen LogP contribution is 2.25. The molecule has 1 aromatic heterocycles. The van der Waals surface area contributed by atoms with E-state index in [1.54, 1.807) is 0 Å². The van der Waals surface area contributed by atoms with Crippen molar-refractivity contribution >= 4 is 26.6 Å². The van der Waals surface area contributed by atoms with Crippen LogP contribution >= 0.6 is 0 Å². The van der Waals surface area contributed by atoms with Gasteiger partial charge in [0.25, 0.3) is 11.5 Å². The molecule has 0 saturated heterocycles. The Bertz CT molecular complexity index is 992. The van der Waals surface area contributed by atoms with Crippen molar-refractivity contribution in [2.24, 2.45) is 5.73 Å². The van der Waals surface area contributed by atoms with Crippen LogP contribution in [0.5, 0.6) is 0 Å². The summed E-state index contributed by atoms with van der Waals surface area (Å²) in [6.45, 7) is 0. The molecule has 22 heavy (non-hydrogen) atoms. The van der Waals surface area contributed by atoms with E-state index in [2.05, 4.69) is 0 Å². The van der Waals surface area contributed by atoms with Gasteiger partial charge >= 0.3 is 0 Å². The smallest absolute Gasteiger partial charge is 0.264 e. The molecule has 0 bridgehead atoms. The van der Waals surface area contributed by atoms with Gasteiger partial charge in [-0.25, -0.2) is 12.8 Å². The van der Waals surface area contributed by atoms with E-state index in [1.165, 1.54) is 24.3 Å². The standard InChI is InChI=1S/C14H11FN2O4S/c15-11-3-1-2-8-6-10(13(16)18)14(19)17(12(8)11)9-4-5-22(20,21)7-9/h1-6,9H,7H2,(H2,16,18). The van der Waals surface area contributed by atoms with Crippen molar-refractivity contribution in [3.63, 3.8) is 0 Å². The number of nitrogens with zero attached hydrogens (tertiary/aromatic N) is 1. The zero-order valence-corrected chi connectivity index (χ0v) is 12.0. The largest absolute Gasteiger partial charge is 0.365 e. The van der Waals surface area contributed by atoms with Gasteiger partial charge in [0.2, 0.25) is 0 Å². The lowest BCUT2D eigenvalue weighted by Gasteiger charge is -2.16. The summed E-state index contributed by atoms with van der Waals surface area (Å²) in [5.41, 5.74) is 4.01. The van der Waals surface area contributed by atoms with Crippen LogP contribution in [-0.2, 0) is 9.84 Å². The molecule has 1 amide bonds. The summed E-state index contributed by atoms with van der Waals surface area (Å²) in [7, 11) is -3.45. The maximum absolute atomic E-state index is 14.2. The van der Waals surface area contributed by atoms with Gasteiger partial charge in [0.05, 0.1) is 17.3 Å². The lowest BCUT2D eigenvalue weighted by Crippen LogP contribution is -2.33. The van der Waals surface area contributed by atoms with E-state index in [4.69, 9.17) is 5.73 Å². The number of hydrogen-bond donors (Lipinski definition) is 1. The molecule has 1 aromatic carbocycles. The minimum atomic E-state index is -3.45. The molecule has 1 unspecified atom stereocenters. The second-order valence-electron chi connectivity index (χ2n) is 5.00. The number of aromatic nitrogens is 1. The number of primary amides is 1. The van der Waals surface area contributed by atoms with E-state index in [-0.39, 0.29) is 16.8 Å². The van der Waals surface area contributed by atoms with Crippen molar-refractivity contribution in [3.05, 3.63) is 57.5 Å². The maximum atomic E-state index is 14.2. The van der Waals surface area contributed by atoms with Gasteiger partial charge in [0.15, 0.2) is 9.84 Å². The average molecular weight is 322 g/mol. The fourth-order valence-electron chi connectivity index (χ4n) is 2.56. The number of benzene rings is 1. The number of halogens is 1. The van der Waals surface area contributed by atoms with E-state index >= 15 is 0 Å². The molecule has 2 aromatic rings. The van der Waals surface area contributed by atoms with E-state index < -0.39 is 33.2 Å². The predicted molar refractivity (Wildman–Crippen MR) is 78.6 cm³/mol. The van der Waals surface area contributed by atoms with Gasteiger partial charge in [-0.05, 0) is 18.2 Å². The Morgan fingerprint density at radius 1 is 1.36 bits per heavy atom. The zero-order chi connectivity index (χ0) is 16.1. The van der Waals surface area contributed by atoms with Crippen LogP contribution in [0.3, 0.4) is 0 Å². The minimum Gasteiger partial charge on any atom is -0.365 e. The Labute approximate surface area is 124 Å². The number of carbonyl (C=O) groups excluding carboxylic acids is 1. The zero-order valence-electron chi connectivity index (χ0n) is 11.2. The molecular formula is C14H11FN2O4S. The number of hydrogen-bond acceptors (Lipinski definition) is 4. The van der Waals surface area contributed by atoms with Crippen molar-refractivity contribution in [2.75, 3.05) is 5.75 Å². The average Bonchev–Trinajstić information content (AvgIpc) is 2.78. The van der Waals surface area contributed by atoms with Gasteiger partial charge in [0.1, 0.15) is 11.4 Å². The summed E-state index contributed by atoms with van der Waals surface area (Å²) in [5.74, 6) is -1.99. The van der Waals surface area contributed by atoms with Crippen molar-refractivity contribution in [2.45, 2.75) is 6.04 Å². The first-order chi connectivity index (χ1) is 10.3. The number of allylic oxidation sites excluding steroid dienone is 1. The lowest BCUT2D eigenvalue weighted by atomic mass is 10.1. The summed E-state index contributed by atoms with van der Waals surface area (Å²) in [6, 6.07) is 4.45. The highest BCUT2D eigenvalue weighted by Gasteiger charge is 2.27. The Kier molecular flexibility index (Phi) is 3.13. The summed E-state index contributed by atoms with van der Waals surface area (Å²) < 4.78 is 38.3. The van der Waals surface area contributed by atoms with Crippen molar-refractivity contribution in [3.8, 4) is 0 Å².